The summed E-state index contributed by atoms with van der Waals surface area (Å²) in [6, 6.07) is 19.8. The van der Waals surface area contributed by atoms with E-state index in [-0.39, 0.29) is 77.5 Å². The number of ether oxygens (including phenoxy) is 3. The summed E-state index contributed by atoms with van der Waals surface area (Å²) in [5.74, 6) is -2.88. The number of esters is 1. The van der Waals surface area contributed by atoms with Crippen LogP contribution >= 0.6 is 0 Å². The molecular formula is C52H71N5O13S. The minimum absolute atomic E-state index is 0.00263. The fourth-order valence-corrected chi connectivity index (χ4v) is 8.35. The molecule has 4 N–H and O–H groups in total. The second-order valence-electron chi connectivity index (χ2n) is 19.6. The molecular weight excluding hydrogens is 935 g/mol. The highest BCUT2D eigenvalue weighted by Crippen LogP contribution is 2.30. The normalized spacial score (nSPS) is 17.8. The second-order valence-corrected chi connectivity index (χ2v) is 21.0. The van der Waals surface area contributed by atoms with Gasteiger partial charge in [0, 0.05) is 25.2 Å². The molecule has 0 bridgehead atoms. The van der Waals surface area contributed by atoms with Gasteiger partial charge in [0.05, 0.1) is 41.5 Å². The molecule has 18 nitrogen and oxygen atoms in total. The van der Waals surface area contributed by atoms with Crippen molar-refractivity contribution in [1.82, 2.24) is 21.3 Å². The molecule has 3 aromatic carbocycles. The molecule has 2 saturated heterocycles. The number of ketones is 2. The zero-order valence-electron chi connectivity index (χ0n) is 42.1. The maximum Gasteiger partial charge on any atom is 0.308 e. The molecule has 2 aliphatic heterocycles. The van der Waals surface area contributed by atoms with Gasteiger partial charge in [0.2, 0.25) is 17.7 Å². The summed E-state index contributed by atoms with van der Waals surface area (Å²) < 4.78 is 43.9. The lowest BCUT2D eigenvalue weighted by molar-refractivity contribution is -0.940. The number of hydrogen-bond acceptors (Lipinski definition) is 13. The van der Waals surface area contributed by atoms with Gasteiger partial charge >= 0.3 is 5.97 Å². The molecule has 5 rings (SSSR count). The van der Waals surface area contributed by atoms with Gasteiger partial charge in [0.15, 0.2) is 18.1 Å². The third kappa shape index (κ3) is 20.1. The number of carbonyl (C=O) groups is 7. The van der Waals surface area contributed by atoms with Gasteiger partial charge in [0.1, 0.15) is 49.1 Å². The van der Waals surface area contributed by atoms with Crippen molar-refractivity contribution in [2.24, 2.45) is 11.8 Å². The molecule has 0 aromatic heterocycles. The minimum atomic E-state index is -3.92. The number of hydrogen-bond donors (Lipinski definition) is 4. The van der Waals surface area contributed by atoms with Gasteiger partial charge in [-0.25, -0.2) is 8.42 Å². The monoisotopic (exact) mass is 1010 g/mol. The Bertz CT molecular complexity index is 2410. The van der Waals surface area contributed by atoms with Crippen LogP contribution in [0.1, 0.15) is 94.8 Å². The number of Topliss-reactive ketones (excluding diaryl/α,β-unsaturated/α-hetero) is 2. The van der Waals surface area contributed by atoms with E-state index in [1.165, 1.54) is 13.8 Å². The lowest BCUT2D eigenvalue weighted by Gasteiger charge is -2.41. The van der Waals surface area contributed by atoms with E-state index in [4.69, 9.17) is 27.2 Å². The van der Waals surface area contributed by atoms with E-state index in [1.54, 1.807) is 25.1 Å². The first-order valence-corrected chi connectivity index (χ1v) is 25.8. The lowest BCUT2D eigenvalue weighted by Crippen LogP contribution is -2.61. The van der Waals surface area contributed by atoms with Crippen LogP contribution in [0.15, 0.2) is 78.9 Å². The highest BCUT2D eigenvalue weighted by molar-refractivity contribution is 7.84. The SMILES string of the molecule is CC(=O)Oc1ccc(C[N+]2(CC(=O)N[C@@H](CCc3ccccc3)C(=O)N[C@@H](CC(C)C)C(=O)N[C@@H](Cc3ccccc3)C(=O)N[C@@H](CC(C)C)C(=O)[C@@]3(C)CO3)CCOCC2)cc1C(C)=O.CS(=O)(=O)[O-]. The van der Waals surface area contributed by atoms with E-state index in [2.05, 4.69) is 21.3 Å². The number of rotatable bonds is 24. The largest absolute Gasteiger partial charge is 0.748 e. The molecule has 2 fully saturated rings. The van der Waals surface area contributed by atoms with Crippen LogP contribution in [0.25, 0.3) is 0 Å². The summed E-state index contributed by atoms with van der Waals surface area (Å²) >= 11 is 0. The Morgan fingerprint density at radius 1 is 0.718 bits per heavy atom. The molecule has 71 heavy (non-hydrogen) atoms. The molecule has 2 heterocycles. The quantitative estimate of drug-likeness (QED) is 0.0250. The first kappa shape index (κ1) is 57.7. The number of benzene rings is 3. The lowest BCUT2D eigenvalue weighted by atomic mass is 9.93. The minimum Gasteiger partial charge on any atom is -0.748 e. The van der Waals surface area contributed by atoms with Gasteiger partial charge in [-0.2, -0.15) is 0 Å². The molecule has 0 unspecified atom stereocenters. The zero-order valence-corrected chi connectivity index (χ0v) is 42.9. The summed E-state index contributed by atoms with van der Waals surface area (Å²) in [5.41, 5.74) is 1.80. The third-order valence-electron chi connectivity index (χ3n) is 12.0. The van der Waals surface area contributed by atoms with E-state index >= 15 is 0 Å². The second kappa shape index (κ2) is 26.5. The Kier molecular flexibility index (Phi) is 21.6. The molecule has 0 saturated carbocycles. The zero-order chi connectivity index (χ0) is 52.5. The molecule has 19 heteroatoms. The molecule has 388 valence electrons. The highest BCUT2D eigenvalue weighted by atomic mass is 32.2. The Balaban J connectivity index is 0.00000208. The Morgan fingerprint density at radius 3 is 1.76 bits per heavy atom. The third-order valence-corrected chi connectivity index (χ3v) is 12.0. The fraction of sp³-hybridized carbons (Fsp3) is 0.519. The Morgan fingerprint density at radius 2 is 1.23 bits per heavy atom. The predicted octanol–water partition coefficient (Wildman–Crippen LogP) is 3.59. The molecule has 4 amide bonds. The van der Waals surface area contributed by atoms with Crippen LogP contribution in [0.3, 0.4) is 0 Å². The number of morpholine rings is 1. The first-order valence-electron chi connectivity index (χ1n) is 24.0. The van der Waals surface area contributed by atoms with Crippen molar-refractivity contribution in [3.05, 3.63) is 101 Å². The van der Waals surface area contributed by atoms with E-state index in [0.717, 1.165) is 16.7 Å². The van der Waals surface area contributed by atoms with Gasteiger partial charge in [-0.3, -0.25) is 33.6 Å². The van der Waals surface area contributed by atoms with Crippen LogP contribution in [0.2, 0.25) is 0 Å². The fourth-order valence-electron chi connectivity index (χ4n) is 8.35. The van der Waals surface area contributed by atoms with Crippen LogP contribution in [0, 0.1) is 11.8 Å². The van der Waals surface area contributed by atoms with Crippen molar-refractivity contribution in [2.75, 3.05) is 45.7 Å². The van der Waals surface area contributed by atoms with Crippen molar-refractivity contribution in [3.63, 3.8) is 0 Å². The molecule has 5 atom stereocenters. The maximum atomic E-state index is 14.5. The number of amides is 4. The van der Waals surface area contributed by atoms with Crippen LogP contribution in [0.5, 0.6) is 5.75 Å². The molecule has 0 aliphatic carbocycles. The van der Waals surface area contributed by atoms with Gasteiger partial charge in [-0.05, 0) is 80.7 Å². The summed E-state index contributed by atoms with van der Waals surface area (Å²) in [4.78, 5) is 95.0. The number of quaternary nitrogens is 1. The van der Waals surface area contributed by atoms with Gasteiger partial charge in [-0.15, -0.1) is 0 Å². The molecule has 0 spiro atoms. The average Bonchev–Trinajstić information content (AvgIpc) is 4.05. The van der Waals surface area contributed by atoms with Crippen LogP contribution in [-0.2, 0) is 67.7 Å². The summed E-state index contributed by atoms with van der Waals surface area (Å²) in [7, 11) is -3.92. The first-order chi connectivity index (χ1) is 33.3. The Labute approximate surface area is 417 Å². The van der Waals surface area contributed by atoms with Gasteiger partial charge in [-0.1, -0.05) is 88.4 Å². The number of nitrogens with one attached hydrogen (secondary N) is 4. The summed E-state index contributed by atoms with van der Waals surface area (Å²) in [5, 5.41) is 11.8. The smallest absolute Gasteiger partial charge is 0.308 e. The topological polar surface area (TPSA) is 256 Å². The van der Waals surface area contributed by atoms with Crippen molar-refractivity contribution in [1.29, 1.82) is 0 Å². The number of epoxide rings is 1. The van der Waals surface area contributed by atoms with Crippen molar-refractivity contribution in [2.45, 2.75) is 117 Å². The van der Waals surface area contributed by atoms with Crippen molar-refractivity contribution in [3.8, 4) is 5.75 Å². The van der Waals surface area contributed by atoms with Crippen molar-refractivity contribution >= 4 is 51.3 Å². The van der Waals surface area contributed by atoms with Crippen LogP contribution < -0.4 is 26.0 Å². The van der Waals surface area contributed by atoms with Gasteiger partial charge < -0.3 is 44.5 Å². The van der Waals surface area contributed by atoms with E-state index < -0.39 is 63.6 Å². The number of nitrogens with zero attached hydrogens (tertiary/aromatic N) is 1. The van der Waals surface area contributed by atoms with E-state index in [0.29, 0.717) is 51.9 Å². The standard InChI is InChI=1S/C51H67N5O10.CH4O3S/c1-33(2)26-42(47(60)51(7)32-65-51)53-50(63)44(29-38-16-12-9-13-17-38)55-49(62)43(27-34(3)4)54-48(61)41(20-18-37-14-10-8-11-15-37)52-46(59)31-56(22-24-64-25-23-56)30-39-19-21-45(66-36(6)58)40(28-39)35(5)57;1-5(2,3)4/h8-17,19,21,28,33-34,41-44H,18,20,22-27,29-32H2,1-7H3,(H3-,52,53,54,55,59,61,62,63);1H3,(H,2,3,4)/t41-,42-,43-,44-,51+;/m0./s1. The van der Waals surface area contributed by atoms with Crippen LogP contribution in [-0.4, -0.2) is 134 Å². The molecule has 0 radical (unpaired) electrons. The van der Waals surface area contributed by atoms with Gasteiger partial charge in [0.25, 0.3) is 5.91 Å². The summed E-state index contributed by atoms with van der Waals surface area (Å²) in [6.45, 7) is 14.5. The summed E-state index contributed by atoms with van der Waals surface area (Å²) in [6.07, 6.45) is 2.04. The van der Waals surface area contributed by atoms with E-state index in [1.807, 2.05) is 88.4 Å². The maximum absolute atomic E-state index is 14.5. The van der Waals surface area contributed by atoms with Crippen LogP contribution in [0.4, 0.5) is 0 Å². The molecule has 3 aromatic rings. The molecule has 2 aliphatic rings. The van der Waals surface area contributed by atoms with Crippen molar-refractivity contribution < 1.29 is 65.2 Å². The highest BCUT2D eigenvalue weighted by Gasteiger charge is 2.50. The number of aryl methyl sites for hydroxylation is 1. The average molecular weight is 1010 g/mol. The Hall–Kier alpha value is -5.86. The number of carbonyl (C=O) groups excluding carboxylic acids is 7. The van der Waals surface area contributed by atoms with E-state index in [9.17, 15) is 33.6 Å². The predicted molar refractivity (Wildman–Crippen MR) is 264 cm³/mol.